The number of H-pyrrole nitrogens is 1. The first-order valence-electron chi connectivity index (χ1n) is 6.28. The lowest BCUT2D eigenvalue weighted by molar-refractivity contribution is -0.137. The number of carboxylic acids is 1. The number of ether oxygens (including phenoxy) is 1. The summed E-state index contributed by atoms with van der Waals surface area (Å²) < 4.78 is 5.39. The number of aliphatic carboxylic acids is 1. The quantitative estimate of drug-likeness (QED) is 0.838. The van der Waals surface area contributed by atoms with Gasteiger partial charge in [0, 0.05) is 18.3 Å². The van der Waals surface area contributed by atoms with Crippen molar-refractivity contribution in [1.82, 2.24) is 4.98 Å². The number of aromatic nitrogens is 1. The molecule has 1 aromatic carbocycles. The Morgan fingerprint density at radius 3 is 2.53 bits per heavy atom. The van der Waals surface area contributed by atoms with E-state index in [0.717, 1.165) is 16.9 Å². The summed E-state index contributed by atoms with van der Waals surface area (Å²) in [4.78, 5) is 14.0. The molecule has 4 heteroatoms. The largest absolute Gasteiger partial charge is 0.494 e. The molecule has 0 aliphatic heterocycles. The van der Waals surface area contributed by atoms with Gasteiger partial charge in [-0.05, 0) is 36.2 Å². The van der Waals surface area contributed by atoms with E-state index in [-0.39, 0.29) is 12.3 Å². The molecule has 0 spiro atoms. The monoisotopic (exact) mass is 259 g/mol. The van der Waals surface area contributed by atoms with Gasteiger partial charge in [0.05, 0.1) is 13.0 Å². The summed E-state index contributed by atoms with van der Waals surface area (Å²) in [5, 5.41) is 9.05. The molecule has 0 radical (unpaired) electrons. The number of benzene rings is 1. The van der Waals surface area contributed by atoms with Gasteiger partial charge in [-0.3, -0.25) is 4.79 Å². The summed E-state index contributed by atoms with van der Waals surface area (Å²) >= 11 is 0. The van der Waals surface area contributed by atoms with Gasteiger partial charge in [-0.1, -0.05) is 12.1 Å². The predicted molar refractivity (Wildman–Crippen MR) is 72.5 cm³/mol. The van der Waals surface area contributed by atoms with Gasteiger partial charge in [-0.25, -0.2) is 0 Å². The first kappa shape index (κ1) is 13.2. The van der Waals surface area contributed by atoms with Crippen molar-refractivity contribution in [1.29, 1.82) is 0 Å². The highest BCUT2D eigenvalue weighted by Gasteiger charge is 2.18. The maximum atomic E-state index is 11.0. The van der Waals surface area contributed by atoms with Gasteiger partial charge >= 0.3 is 5.97 Å². The third-order valence-electron chi connectivity index (χ3n) is 3.00. The van der Waals surface area contributed by atoms with Gasteiger partial charge < -0.3 is 14.8 Å². The van der Waals surface area contributed by atoms with Crippen LogP contribution in [0.25, 0.3) is 0 Å². The molecule has 1 unspecified atom stereocenters. The first-order chi connectivity index (χ1) is 9.20. The van der Waals surface area contributed by atoms with Crippen molar-refractivity contribution in [3.05, 3.63) is 53.9 Å². The van der Waals surface area contributed by atoms with Gasteiger partial charge in [0.25, 0.3) is 0 Å². The van der Waals surface area contributed by atoms with Crippen LogP contribution < -0.4 is 4.74 Å². The fourth-order valence-corrected chi connectivity index (χ4v) is 2.12. The van der Waals surface area contributed by atoms with Crippen molar-refractivity contribution in [3.8, 4) is 5.75 Å². The molecular weight excluding hydrogens is 242 g/mol. The zero-order valence-corrected chi connectivity index (χ0v) is 10.8. The molecule has 2 N–H and O–H groups in total. The molecule has 19 heavy (non-hydrogen) atoms. The number of nitrogens with one attached hydrogen (secondary N) is 1. The molecule has 1 atom stereocenters. The van der Waals surface area contributed by atoms with Crippen LogP contribution in [0.3, 0.4) is 0 Å². The van der Waals surface area contributed by atoms with E-state index in [2.05, 4.69) is 4.98 Å². The lowest BCUT2D eigenvalue weighted by atomic mass is 9.90. The molecule has 0 fully saturated rings. The molecule has 0 aliphatic carbocycles. The van der Waals surface area contributed by atoms with E-state index in [1.165, 1.54) is 0 Å². The summed E-state index contributed by atoms with van der Waals surface area (Å²) in [5.74, 6) is -0.145. The molecule has 1 aromatic heterocycles. The van der Waals surface area contributed by atoms with Crippen LogP contribution in [0.1, 0.15) is 30.4 Å². The lowest BCUT2D eigenvalue weighted by Gasteiger charge is -2.14. The van der Waals surface area contributed by atoms with Crippen LogP contribution in [-0.4, -0.2) is 22.7 Å². The average Bonchev–Trinajstić information content (AvgIpc) is 2.91. The van der Waals surface area contributed by atoms with Crippen molar-refractivity contribution in [3.63, 3.8) is 0 Å². The number of carbonyl (C=O) groups is 1. The standard InChI is InChI=1S/C15H17NO3/c1-2-19-13-5-3-11(4-6-13)14(9-15(17)18)12-7-8-16-10-12/h3-8,10,14,16H,2,9H2,1H3,(H,17,18). The molecule has 2 aromatic rings. The zero-order chi connectivity index (χ0) is 13.7. The molecular formula is C15H17NO3. The number of hydrogen-bond donors (Lipinski definition) is 2. The van der Waals surface area contributed by atoms with Crippen LogP contribution in [0, 0.1) is 0 Å². The van der Waals surface area contributed by atoms with E-state index in [0.29, 0.717) is 6.61 Å². The van der Waals surface area contributed by atoms with Crippen LogP contribution in [0.4, 0.5) is 0 Å². The van der Waals surface area contributed by atoms with Crippen molar-refractivity contribution in [2.45, 2.75) is 19.3 Å². The summed E-state index contributed by atoms with van der Waals surface area (Å²) in [6, 6.07) is 9.50. The molecule has 100 valence electrons. The van der Waals surface area contributed by atoms with E-state index in [4.69, 9.17) is 9.84 Å². The Labute approximate surface area is 112 Å². The Kier molecular flexibility index (Phi) is 4.23. The van der Waals surface area contributed by atoms with Crippen LogP contribution >= 0.6 is 0 Å². The van der Waals surface area contributed by atoms with Gasteiger partial charge in [0.2, 0.25) is 0 Å². The van der Waals surface area contributed by atoms with E-state index in [1.54, 1.807) is 6.20 Å². The third kappa shape index (κ3) is 3.37. The SMILES string of the molecule is CCOc1ccc(C(CC(=O)O)c2cc[nH]c2)cc1. The van der Waals surface area contributed by atoms with Crippen LogP contribution in [-0.2, 0) is 4.79 Å². The minimum Gasteiger partial charge on any atom is -0.494 e. The summed E-state index contributed by atoms with van der Waals surface area (Å²) in [5.41, 5.74) is 1.96. The summed E-state index contributed by atoms with van der Waals surface area (Å²) in [7, 11) is 0. The summed E-state index contributed by atoms with van der Waals surface area (Å²) in [6.45, 7) is 2.55. The van der Waals surface area contributed by atoms with Crippen LogP contribution in [0.15, 0.2) is 42.7 Å². The van der Waals surface area contributed by atoms with Crippen molar-refractivity contribution < 1.29 is 14.6 Å². The number of aromatic amines is 1. The number of carboxylic acid groups (broad SMARTS) is 1. The van der Waals surface area contributed by atoms with Crippen molar-refractivity contribution >= 4 is 5.97 Å². The normalized spacial score (nSPS) is 12.1. The fourth-order valence-electron chi connectivity index (χ4n) is 2.12. The Morgan fingerprint density at radius 2 is 2.00 bits per heavy atom. The van der Waals surface area contributed by atoms with Gasteiger partial charge in [-0.15, -0.1) is 0 Å². The second-order valence-corrected chi connectivity index (χ2v) is 4.30. The minimum atomic E-state index is -0.805. The number of hydrogen-bond acceptors (Lipinski definition) is 2. The van der Waals surface area contributed by atoms with Crippen LogP contribution in [0.2, 0.25) is 0 Å². The van der Waals surface area contributed by atoms with Crippen molar-refractivity contribution in [2.75, 3.05) is 6.61 Å². The molecule has 0 saturated heterocycles. The van der Waals surface area contributed by atoms with Crippen LogP contribution in [0.5, 0.6) is 5.75 Å². The second kappa shape index (κ2) is 6.09. The fraction of sp³-hybridized carbons (Fsp3) is 0.267. The highest BCUT2D eigenvalue weighted by atomic mass is 16.5. The van der Waals surface area contributed by atoms with E-state index in [1.807, 2.05) is 43.5 Å². The lowest BCUT2D eigenvalue weighted by Crippen LogP contribution is -2.07. The second-order valence-electron chi connectivity index (χ2n) is 4.30. The molecule has 0 amide bonds. The number of rotatable bonds is 6. The van der Waals surface area contributed by atoms with Gasteiger partial charge in [0.15, 0.2) is 0 Å². The molecule has 0 aliphatic rings. The van der Waals surface area contributed by atoms with Gasteiger partial charge in [0.1, 0.15) is 5.75 Å². The molecule has 0 saturated carbocycles. The Morgan fingerprint density at radius 1 is 1.26 bits per heavy atom. The van der Waals surface area contributed by atoms with E-state index >= 15 is 0 Å². The predicted octanol–water partition coefficient (Wildman–Crippen LogP) is 3.02. The zero-order valence-electron chi connectivity index (χ0n) is 10.8. The Balaban J connectivity index is 2.25. The Hall–Kier alpha value is -2.23. The topological polar surface area (TPSA) is 62.3 Å². The molecule has 1 heterocycles. The molecule has 4 nitrogen and oxygen atoms in total. The highest BCUT2D eigenvalue weighted by molar-refractivity contribution is 5.69. The first-order valence-corrected chi connectivity index (χ1v) is 6.28. The highest BCUT2D eigenvalue weighted by Crippen LogP contribution is 2.29. The molecule has 2 rings (SSSR count). The third-order valence-corrected chi connectivity index (χ3v) is 3.00. The van der Waals surface area contributed by atoms with Crippen molar-refractivity contribution in [2.24, 2.45) is 0 Å². The smallest absolute Gasteiger partial charge is 0.304 e. The average molecular weight is 259 g/mol. The minimum absolute atomic E-state index is 0.0752. The maximum Gasteiger partial charge on any atom is 0.304 e. The summed E-state index contributed by atoms with van der Waals surface area (Å²) in [6.07, 6.45) is 3.72. The maximum absolute atomic E-state index is 11.0. The molecule has 0 bridgehead atoms. The Bertz CT molecular complexity index is 517. The van der Waals surface area contributed by atoms with E-state index < -0.39 is 5.97 Å². The van der Waals surface area contributed by atoms with E-state index in [9.17, 15) is 4.79 Å². The van der Waals surface area contributed by atoms with Gasteiger partial charge in [-0.2, -0.15) is 0 Å².